The van der Waals surface area contributed by atoms with Gasteiger partial charge < -0.3 is 9.47 Å². The lowest BCUT2D eigenvalue weighted by atomic mass is 10.2. The number of ether oxygens (including phenoxy) is 2. The van der Waals surface area contributed by atoms with Crippen molar-refractivity contribution in [3.8, 4) is 11.4 Å². The van der Waals surface area contributed by atoms with Crippen LogP contribution in [0, 0.1) is 5.82 Å². The van der Waals surface area contributed by atoms with Crippen molar-refractivity contribution in [2.45, 2.75) is 19.2 Å². The molecular formula is C18H15ClF4N2O5. The van der Waals surface area contributed by atoms with Crippen LogP contribution in [0.4, 0.5) is 17.6 Å². The topological polar surface area (TPSA) is 79.5 Å². The molecule has 30 heavy (non-hydrogen) atoms. The molecule has 7 nitrogen and oxygen atoms in total. The fourth-order valence-corrected chi connectivity index (χ4v) is 2.59. The van der Waals surface area contributed by atoms with Crippen LogP contribution in [0.25, 0.3) is 5.69 Å². The van der Waals surface area contributed by atoms with Gasteiger partial charge in [-0.05, 0) is 13.0 Å². The van der Waals surface area contributed by atoms with Gasteiger partial charge in [-0.25, -0.2) is 18.5 Å². The third-order valence-corrected chi connectivity index (χ3v) is 4.13. The van der Waals surface area contributed by atoms with Crippen LogP contribution in [0.5, 0.6) is 5.75 Å². The lowest BCUT2D eigenvalue weighted by molar-refractivity contribution is -0.149. The summed E-state index contributed by atoms with van der Waals surface area (Å²) in [6, 6.07) is 1.67. The van der Waals surface area contributed by atoms with Gasteiger partial charge in [0, 0.05) is 19.2 Å². The van der Waals surface area contributed by atoms with Gasteiger partial charge in [0.15, 0.2) is 6.10 Å². The van der Waals surface area contributed by atoms with E-state index < -0.39 is 46.7 Å². The van der Waals surface area contributed by atoms with E-state index in [0.29, 0.717) is 6.07 Å². The van der Waals surface area contributed by atoms with Gasteiger partial charge in [0.2, 0.25) is 0 Å². The Morgan fingerprint density at radius 2 is 1.93 bits per heavy atom. The number of nitrogens with zero attached hydrogens (tertiary/aromatic N) is 2. The van der Waals surface area contributed by atoms with E-state index in [2.05, 4.69) is 6.58 Å². The van der Waals surface area contributed by atoms with Crippen LogP contribution in [0.2, 0.25) is 5.02 Å². The summed E-state index contributed by atoms with van der Waals surface area (Å²) in [6.07, 6.45) is -4.87. The second kappa shape index (κ2) is 8.74. The summed E-state index contributed by atoms with van der Waals surface area (Å²) in [5.41, 5.74) is -5.07. The fourth-order valence-electron chi connectivity index (χ4n) is 2.40. The van der Waals surface area contributed by atoms with Crippen molar-refractivity contribution in [1.82, 2.24) is 9.13 Å². The zero-order valence-electron chi connectivity index (χ0n) is 15.6. The minimum absolute atomic E-state index is 0.0913. The van der Waals surface area contributed by atoms with Crippen molar-refractivity contribution in [2.24, 2.45) is 7.05 Å². The van der Waals surface area contributed by atoms with E-state index in [1.807, 2.05) is 0 Å². The molecule has 0 N–H and O–H groups in total. The van der Waals surface area contributed by atoms with Crippen molar-refractivity contribution in [2.75, 3.05) is 6.61 Å². The first-order valence-electron chi connectivity index (χ1n) is 8.22. The van der Waals surface area contributed by atoms with Gasteiger partial charge in [-0.1, -0.05) is 24.3 Å². The Kier molecular flexibility index (Phi) is 6.76. The van der Waals surface area contributed by atoms with Gasteiger partial charge in [-0.15, -0.1) is 0 Å². The maximum absolute atomic E-state index is 14.4. The molecule has 0 bridgehead atoms. The van der Waals surface area contributed by atoms with Crippen LogP contribution in [-0.4, -0.2) is 27.8 Å². The maximum Gasteiger partial charge on any atom is 0.431 e. The molecule has 0 unspecified atom stereocenters. The Balaban J connectivity index is 2.57. The van der Waals surface area contributed by atoms with Crippen LogP contribution < -0.4 is 16.0 Å². The lowest BCUT2D eigenvalue weighted by Crippen LogP contribution is -2.41. The minimum atomic E-state index is -4.97. The molecule has 1 heterocycles. The van der Waals surface area contributed by atoms with Crippen LogP contribution in [-0.2, 0) is 22.8 Å². The summed E-state index contributed by atoms with van der Waals surface area (Å²) in [6.45, 7) is 4.58. The molecule has 0 aliphatic carbocycles. The number of carbonyl (C=O) groups excluding carboxylic acids is 1. The number of aromatic nitrogens is 2. The quantitative estimate of drug-likeness (QED) is 0.384. The summed E-state index contributed by atoms with van der Waals surface area (Å²) >= 11 is 5.89. The van der Waals surface area contributed by atoms with Gasteiger partial charge in [0.05, 0.1) is 10.7 Å². The second-order valence-electron chi connectivity index (χ2n) is 5.96. The number of rotatable bonds is 6. The second-order valence-corrected chi connectivity index (χ2v) is 6.36. The van der Waals surface area contributed by atoms with E-state index in [-0.39, 0.29) is 32.6 Å². The summed E-state index contributed by atoms with van der Waals surface area (Å²) in [4.78, 5) is 36.3. The van der Waals surface area contributed by atoms with E-state index in [9.17, 15) is 31.9 Å². The molecule has 1 aromatic heterocycles. The Bertz CT molecular complexity index is 1110. The number of alkyl halides is 3. The SMILES string of the molecule is C=CCOC(=O)[C@@H](C)Oc1cc(-n2c(=O)cc(C(F)(F)F)n(C)c2=O)c(F)cc1Cl. The van der Waals surface area contributed by atoms with Crippen molar-refractivity contribution in [1.29, 1.82) is 0 Å². The molecule has 2 rings (SSSR count). The summed E-state index contributed by atoms with van der Waals surface area (Å²) < 4.78 is 63.8. The van der Waals surface area contributed by atoms with Crippen molar-refractivity contribution in [3.63, 3.8) is 0 Å². The molecule has 0 saturated carbocycles. The molecule has 162 valence electrons. The lowest BCUT2D eigenvalue weighted by Gasteiger charge is -2.17. The standard InChI is InChI=1S/C18H15ClF4N2O5/c1-4-5-29-16(27)9(2)30-13-7-12(11(20)6-10(13)19)25-15(26)8-14(18(21,22)23)24(3)17(25)28/h4,6-9H,1,5H2,2-3H3/t9-/m1/s1. The largest absolute Gasteiger partial charge is 0.477 e. The highest BCUT2D eigenvalue weighted by Crippen LogP contribution is 2.31. The molecule has 2 aromatic rings. The Labute approximate surface area is 171 Å². The van der Waals surface area contributed by atoms with Crippen LogP contribution in [0.15, 0.2) is 40.4 Å². The van der Waals surface area contributed by atoms with E-state index in [1.54, 1.807) is 0 Å². The fraction of sp³-hybridized carbons (Fsp3) is 0.278. The molecular weight excluding hydrogens is 436 g/mol. The highest BCUT2D eigenvalue weighted by atomic mass is 35.5. The summed E-state index contributed by atoms with van der Waals surface area (Å²) in [5, 5.41) is -0.309. The molecule has 1 atom stereocenters. The minimum Gasteiger partial charge on any atom is -0.477 e. The van der Waals surface area contributed by atoms with E-state index in [4.69, 9.17) is 21.1 Å². The Morgan fingerprint density at radius 3 is 2.50 bits per heavy atom. The Hall–Kier alpha value is -3.08. The number of carbonyl (C=O) groups is 1. The van der Waals surface area contributed by atoms with Crippen LogP contribution in [0.3, 0.4) is 0 Å². The number of hydrogen-bond donors (Lipinski definition) is 0. The third-order valence-electron chi connectivity index (χ3n) is 3.83. The van der Waals surface area contributed by atoms with E-state index >= 15 is 0 Å². The molecule has 0 saturated heterocycles. The van der Waals surface area contributed by atoms with Crippen molar-refractivity contribution < 1.29 is 31.8 Å². The van der Waals surface area contributed by atoms with Gasteiger partial charge in [0.1, 0.15) is 23.9 Å². The number of benzene rings is 1. The predicted molar refractivity (Wildman–Crippen MR) is 98.5 cm³/mol. The Morgan fingerprint density at radius 1 is 1.30 bits per heavy atom. The average Bonchev–Trinajstić information content (AvgIpc) is 2.65. The molecule has 0 spiro atoms. The summed E-state index contributed by atoms with van der Waals surface area (Å²) in [5.74, 6) is -2.28. The van der Waals surface area contributed by atoms with E-state index in [1.165, 1.54) is 13.0 Å². The summed E-state index contributed by atoms with van der Waals surface area (Å²) in [7, 11) is 0.782. The molecule has 0 radical (unpaired) electrons. The van der Waals surface area contributed by atoms with E-state index in [0.717, 1.165) is 13.1 Å². The third kappa shape index (κ3) is 4.73. The molecule has 0 aliphatic rings. The van der Waals surface area contributed by atoms with Gasteiger partial charge >= 0.3 is 17.8 Å². The van der Waals surface area contributed by atoms with Crippen LogP contribution >= 0.6 is 11.6 Å². The van der Waals surface area contributed by atoms with Crippen LogP contribution in [0.1, 0.15) is 12.6 Å². The monoisotopic (exact) mass is 450 g/mol. The smallest absolute Gasteiger partial charge is 0.431 e. The van der Waals surface area contributed by atoms with Gasteiger partial charge in [-0.2, -0.15) is 13.2 Å². The first kappa shape index (κ1) is 23.2. The van der Waals surface area contributed by atoms with Gasteiger partial charge in [0.25, 0.3) is 5.56 Å². The predicted octanol–water partition coefficient (Wildman–Crippen LogP) is 2.84. The van der Waals surface area contributed by atoms with Crippen molar-refractivity contribution in [3.05, 3.63) is 68.2 Å². The zero-order valence-corrected chi connectivity index (χ0v) is 16.4. The molecule has 0 aliphatic heterocycles. The zero-order chi connectivity index (χ0) is 22.8. The average molecular weight is 451 g/mol. The number of hydrogen-bond acceptors (Lipinski definition) is 5. The normalized spacial score (nSPS) is 12.4. The highest BCUT2D eigenvalue weighted by molar-refractivity contribution is 6.32. The molecule has 12 heteroatoms. The number of esters is 1. The number of halogens is 5. The van der Waals surface area contributed by atoms with Gasteiger partial charge in [-0.3, -0.25) is 9.36 Å². The molecule has 0 amide bonds. The maximum atomic E-state index is 14.4. The highest BCUT2D eigenvalue weighted by Gasteiger charge is 2.35. The van der Waals surface area contributed by atoms with Crippen molar-refractivity contribution >= 4 is 17.6 Å². The first-order chi connectivity index (χ1) is 13.9. The first-order valence-corrected chi connectivity index (χ1v) is 8.60. The molecule has 1 aromatic carbocycles. The molecule has 0 fully saturated rings.